The van der Waals surface area contributed by atoms with E-state index in [2.05, 4.69) is 11.3 Å². The number of benzene rings is 1. The highest BCUT2D eigenvalue weighted by atomic mass is 16.5. The van der Waals surface area contributed by atoms with Crippen molar-refractivity contribution in [1.29, 1.82) is 0 Å². The van der Waals surface area contributed by atoms with E-state index in [-0.39, 0.29) is 5.57 Å². The number of ketones is 1. The summed E-state index contributed by atoms with van der Waals surface area (Å²) in [5.41, 5.74) is 0.171. The van der Waals surface area contributed by atoms with Crippen molar-refractivity contribution in [3.05, 3.63) is 42.0 Å². The average Bonchev–Trinajstić information content (AvgIpc) is 2.42. The van der Waals surface area contributed by atoms with Crippen molar-refractivity contribution in [2.45, 2.75) is 13.3 Å². The predicted molar refractivity (Wildman–Crippen MR) is 67.7 cm³/mol. The van der Waals surface area contributed by atoms with Gasteiger partial charge in [-0.25, -0.2) is 4.79 Å². The van der Waals surface area contributed by atoms with E-state index in [1.54, 1.807) is 24.3 Å². The molecule has 0 aromatic heterocycles. The molecule has 0 aliphatic carbocycles. The highest BCUT2D eigenvalue weighted by molar-refractivity contribution is 6.23. The Morgan fingerprint density at radius 2 is 2.06 bits per heavy atom. The van der Waals surface area contributed by atoms with Crippen molar-refractivity contribution in [2.24, 2.45) is 0 Å². The Morgan fingerprint density at radius 3 is 2.67 bits per heavy atom. The normalized spacial score (nSPS) is 9.67. The molecule has 0 aliphatic heterocycles. The zero-order valence-electron chi connectivity index (χ0n) is 10.6. The van der Waals surface area contributed by atoms with Crippen molar-refractivity contribution in [3.8, 4) is 5.75 Å². The number of rotatable bonds is 6. The molecule has 0 heterocycles. The Kier molecular flexibility index (Phi) is 5.11. The molecule has 18 heavy (non-hydrogen) atoms. The highest BCUT2D eigenvalue weighted by Crippen LogP contribution is 2.16. The van der Waals surface area contributed by atoms with E-state index in [1.165, 1.54) is 7.11 Å². The lowest BCUT2D eigenvalue weighted by Crippen LogP contribution is -2.13. The van der Waals surface area contributed by atoms with Gasteiger partial charge in [0.25, 0.3) is 0 Å². The second-order valence-electron chi connectivity index (χ2n) is 3.68. The first-order valence-corrected chi connectivity index (χ1v) is 5.65. The van der Waals surface area contributed by atoms with Gasteiger partial charge in [-0.1, -0.05) is 25.6 Å². The van der Waals surface area contributed by atoms with Gasteiger partial charge in [0.05, 0.1) is 13.7 Å². The number of Topliss-reactive ketones (excluding diaryl/α,β-unsaturated/α-hetero) is 1. The maximum Gasteiger partial charge on any atom is 0.341 e. The van der Waals surface area contributed by atoms with Crippen LogP contribution in [0.25, 0.3) is 0 Å². The molecular formula is C14H16O4. The Labute approximate surface area is 106 Å². The lowest BCUT2D eigenvalue weighted by Gasteiger charge is -2.07. The molecule has 0 bridgehead atoms. The molecule has 4 nitrogen and oxygen atoms in total. The smallest absolute Gasteiger partial charge is 0.341 e. The van der Waals surface area contributed by atoms with E-state index in [9.17, 15) is 9.59 Å². The van der Waals surface area contributed by atoms with Crippen LogP contribution >= 0.6 is 0 Å². The van der Waals surface area contributed by atoms with Gasteiger partial charge in [-0.05, 0) is 18.6 Å². The largest absolute Gasteiger partial charge is 0.494 e. The molecule has 0 aliphatic rings. The van der Waals surface area contributed by atoms with Gasteiger partial charge in [0.15, 0.2) is 5.78 Å². The first-order valence-electron chi connectivity index (χ1n) is 5.65. The quantitative estimate of drug-likeness (QED) is 0.255. The van der Waals surface area contributed by atoms with Crippen LogP contribution in [0.15, 0.2) is 36.4 Å². The maximum absolute atomic E-state index is 11.9. The van der Waals surface area contributed by atoms with Crippen LogP contribution in [0.3, 0.4) is 0 Å². The average molecular weight is 248 g/mol. The highest BCUT2D eigenvalue weighted by Gasteiger charge is 2.18. The number of hydrogen-bond acceptors (Lipinski definition) is 4. The molecule has 1 rings (SSSR count). The molecule has 0 unspecified atom stereocenters. The fourth-order valence-corrected chi connectivity index (χ4v) is 1.34. The molecule has 1 aromatic rings. The van der Waals surface area contributed by atoms with Crippen molar-refractivity contribution in [1.82, 2.24) is 0 Å². The summed E-state index contributed by atoms with van der Waals surface area (Å²) in [7, 11) is 1.21. The Hall–Kier alpha value is -2.10. The molecule has 0 spiro atoms. The predicted octanol–water partition coefficient (Wildman–Crippen LogP) is 2.39. The first kappa shape index (κ1) is 14.0. The van der Waals surface area contributed by atoms with Crippen LogP contribution in [0.1, 0.15) is 23.7 Å². The lowest BCUT2D eigenvalue weighted by molar-refractivity contribution is -0.135. The number of carbonyl (C=O) groups excluding carboxylic acids is 2. The molecule has 0 amide bonds. The second kappa shape index (κ2) is 6.59. The molecule has 0 atom stereocenters. The number of carbonyl (C=O) groups is 2. The van der Waals surface area contributed by atoms with Gasteiger partial charge in [0.2, 0.25) is 0 Å². The zero-order chi connectivity index (χ0) is 13.5. The maximum atomic E-state index is 11.9. The van der Waals surface area contributed by atoms with E-state index in [0.717, 1.165) is 6.42 Å². The number of esters is 1. The minimum absolute atomic E-state index is 0.190. The van der Waals surface area contributed by atoms with Gasteiger partial charge >= 0.3 is 5.97 Å². The van der Waals surface area contributed by atoms with Gasteiger partial charge < -0.3 is 9.47 Å². The summed E-state index contributed by atoms with van der Waals surface area (Å²) in [6.07, 6.45) is 0.882. The molecule has 0 radical (unpaired) electrons. The third-order valence-corrected chi connectivity index (χ3v) is 2.27. The molecule has 1 aromatic carbocycles. The fraction of sp³-hybridized carbons (Fsp3) is 0.286. The van der Waals surface area contributed by atoms with E-state index in [4.69, 9.17) is 4.74 Å². The van der Waals surface area contributed by atoms with Crippen LogP contribution in [0.4, 0.5) is 0 Å². The van der Waals surface area contributed by atoms with Crippen LogP contribution in [0.2, 0.25) is 0 Å². The Balaban J connectivity index is 2.86. The summed E-state index contributed by atoms with van der Waals surface area (Å²) in [6, 6.07) is 6.65. The van der Waals surface area contributed by atoms with Crippen LogP contribution in [-0.2, 0) is 9.53 Å². The van der Waals surface area contributed by atoms with Crippen LogP contribution < -0.4 is 4.74 Å². The minimum atomic E-state index is -0.722. The molecule has 0 fully saturated rings. The molecule has 0 saturated heterocycles. The molecule has 0 saturated carbocycles. The molecule has 0 N–H and O–H groups in total. The van der Waals surface area contributed by atoms with E-state index >= 15 is 0 Å². The summed E-state index contributed by atoms with van der Waals surface area (Å²) in [5.74, 6) is -0.580. The van der Waals surface area contributed by atoms with Gasteiger partial charge in [-0.2, -0.15) is 0 Å². The van der Waals surface area contributed by atoms with Gasteiger partial charge in [-0.15, -0.1) is 0 Å². The molecular weight excluding hydrogens is 232 g/mol. The Bertz CT molecular complexity index is 463. The summed E-state index contributed by atoms with van der Waals surface area (Å²) < 4.78 is 9.87. The number of ether oxygens (including phenoxy) is 2. The first-order chi connectivity index (χ1) is 8.60. The third-order valence-electron chi connectivity index (χ3n) is 2.27. The van der Waals surface area contributed by atoms with Crippen LogP contribution in [-0.4, -0.2) is 25.5 Å². The summed E-state index contributed by atoms with van der Waals surface area (Å²) in [6.45, 7) is 6.00. The minimum Gasteiger partial charge on any atom is -0.494 e. The van der Waals surface area contributed by atoms with Crippen LogP contribution in [0.5, 0.6) is 5.75 Å². The van der Waals surface area contributed by atoms with Gasteiger partial charge in [-0.3, -0.25) is 4.79 Å². The summed E-state index contributed by atoms with van der Waals surface area (Å²) in [5, 5.41) is 0. The Morgan fingerprint density at radius 1 is 1.33 bits per heavy atom. The van der Waals surface area contributed by atoms with Crippen molar-refractivity contribution < 1.29 is 19.1 Å². The molecule has 96 valence electrons. The number of methoxy groups -OCH3 is 1. The zero-order valence-corrected chi connectivity index (χ0v) is 10.6. The van der Waals surface area contributed by atoms with E-state index in [1.807, 2.05) is 6.92 Å². The van der Waals surface area contributed by atoms with Gasteiger partial charge in [0, 0.05) is 5.56 Å². The third kappa shape index (κ3) is 3.45. The summed E-state index contributed by atoms with van der Waals surface area (Å²) >= 11 is 0. The lowest BCUT2D eigenvalue weighted by atomic mass is 10.0. The fourth-order valence-electron chi connectivity index (χ4n) is 1.34. The van der Waals surface area contributed by atoms with E-state index in [0.29, 0.717) is 17.9 Å². The number of hydrogen-bond donors (Lipinski definition) is 0. The second-order valence-corrected chi connectivity index (χ2v) is 3.68. The van der Waals surface area contributed by atoms with Crippen molar-refractivity contribution in [2.75, 3.05) is 13.7 Å². The van der Waals surface area contributed by atoms with Crippen LogP contribution in [0, 0.1) is 0 Å². The standard InChI is InChI=1S/C14H16O4/c1-4-8-18-12-7-5-6-11(9-12)13(15)10(2)14(16)17-3/h5-7,9H,2,4,8H2,1,3H3. The molecule has 4 heteroatoms. The monoisotopic (exact) mass is 248 g/mol. The van der Waals surface area contributed by atoms with Crippen molar-refractivity contribution in [3.63, 3.8) is 0 Å². The topological polar surface area (TPSA) is 52.6 Å². The van der Waals surface area contributed by atoms with Gasteiger partial charge in [0.1, 0.15) is 11.3 Å². The summed E-state index contributed by atoms with van der Waals surface area (Å²) in [4.78, 5) is 23.1. The SMILES string of the molecule is C=C(C(=O)OC)C(=O)c1cccc(OCCC)c1. The van der Waals surface area contributed by atoms with E-state index < -0.39 is 11.8 Å². The van der Waals surface area contributed by atoms with Crippen molar-refractivity contribution >= 4 is 11.8 Å².